The molecule has 2 fully saturated rings. The summed E-state index contributed by atoms with van der Waals surface area (Å²) in [5.74, 6) is 0.889. The Kier molecular flexibility index (Phi) is 1.84. The standard InChI is InChI=1S/C13H18N2/c1-15-7-6-13(8-11(13)9-15)10-2-4-12(14)5-3-10/h2-5,11H,6-9,14H2,1H3. The average molecular weight is 202 g/mol. The monoisotopic (exact) mass is 202 g/mol. The van der Waals surface area contributed by atoms with Gasteiger partial charge in [-0.1, -0.05) is 12.1 Å². The Morgan fingerprint density at radius 1 is 1.33 bits per heavy atom. The highest BCUT2D eigenvalue weighted by atomic mass is 15.1. The van der Waals surface area contributed by atoms with Gasteiger partial charge in [-0.15, -0.1) is 0 Å². The van der Waals surface area contributed by atoms with Gasteiger partial charge in [-0.3, -0.25) is 0 Å². The van der Waals surface area contributed by atoms with Gasteiger partial charge in [-0.2, -0.15) is 0 Å². The molecule has 0 aromatic heterocycles. The molecule has 1 aromatic rings. The normalized spacial score (nSPS) is 34.9. The van der Waals surface area contributed by atoms with E-state index in [9.17, 15) is 0 Å². The lowest BCUT2D eigenvalue weighted by Crippen LogP contribution is -2.33. The summed E-state index contributed by atoms with van der Waals surface area (Å²) in [5.41, 5.74) is 8.63. The van der Waals surface area contributed by atoms with E-state index in [2.05, 4.69) is 24.1 Å². The highest BCUT2D eigenvalue weighted by Gasteiger charge is 2.56. The molecule has 2 aliphatic rings. The van der Waals surface area contributed by atoms with Crippen LogP contribution < -0.4 is 5.73 Å². The van der Waals surface area contributed by atoms with Crippen molar-refractivity contribution >= 4 is 5.69 Å². The third-order valence-electron chi connectivity index (χ3n) is 4.19. The maximum absolute atomic E-state index is 5.73. The van der Waals surface area contributed by atoms with Crippen LogP contribution >= 0.6 is 0 Å². The van der Waals surface area contributed by atoms with Crippen molar-refractivity contribution in [3.8, 4) is 0 Å². The maximum Gasteiger partial charge on any atom is 0.0314 e. The van der Waals surface area contributed by atoms with Gasteiger partial charge in [0.1, 0.15) is 0 Å². The van der Waals surface area contributed by atoms with Crippen LogP contribution in [0.25, 0.3) is 0 Å². The molecule has 80 valence electrons. The summed E-state index contributed by atoms with van der Waals surface area (Å²) in [7, 11) is 2.23. The topological polar surface area (TPSA) is 29.3 Å². The van der Waals surface area contributed by atoms with Gasteiger partial charge in [0.05, 0.1) is 0 Å². The Balaban J connectivity index is 1.87. The minimum atomic E-state index is 0.514. The summed E-state index contributed by atoms with van der Waals surface area (Å²) in [6.07, 6.45) is 2.69. The van der Waals surface area contributed by atoms with Gasteiger partial charge in [0.15, 0.2) is 0 Å². The molecule has 0 amide bonds. The largest absolute Gasteiger partial charge is 0.399 e. The van der Waals surface area contributed by atoms with E-state index in [4.69, 9.17) is 5.73 Å². The van der Waals surface area contributed by atoms with E-state index in [0.29, 0.717) is 5.41 Å². The van der Waals surface area contributed by atoms with Crippen LogP contribution in [0.3, 0.4) is 0 Å². The molecule has 2 nitrogen and oxygen atoms in total. The fourth-order valence-electron chi connectivity index (χ4n) is 3.10. The molecule has 2 atom stereocenters. The molecule has 3 rings (SSSR count). The highest BCUT2D eigenvalue weighted by molar-refractivity contribution is 5.44. The van der Waals surface area contributed by atoms with E-state index >= 15 is 0 Å². The SMILES string of the molecule is CN1CCC2(c3ccc(N)cc3)CC2C1. The van der Waals surface area contributed by atoms with Gasteiger partial charge in [-0.25, -0.2) is 0 Å². The summed E-state index contributed by atoms with van der Waals surface area (Å²) in [6.45, 7) is 2.51. The molecule has 2 N–H and O–H groups in total. The number of hydrogen-bond acceptors (Lipinski definition) is 2. The van der Waals surface area contributed by atoms with Crippen LogP contribution in [0.2, 0.25) is 0 Å². The van der Waals surface area contributed by atoms with Crippen molar-refractivity contribution in [3.05, 3.63) is 29.8 Å². The molecule has 15 heavy (non-hydrogen) atoms. The van der Waals surface area contributed by atoms with Crippen LogP contribution in [0.15, 0.2) is 24.3 Å². The van der Waals surface area contributed by atoms with Crippen molar-refractivity contribution in [1.29, 1.82) is 0 Å². The second kappa shape index (κ2) is 2.99. The fraction of sp³-hybridized carbons (Fsp3) is 0.538. The Hall–Kier alpha value is -1.02. The molecule has 1 saturated carbocycles. The quantitative estimate of drug-likeness (QED) is 0.704. The lowest BCUT2D eigenvalue weighted by atomic mass is 9.87. The number of nitrogens with zero attached hydrogens (tertiary/aromatic N) is 1. The van der Waals surface area contributed by atoms with Crippen molar-refractivity contribution in [2.45, 2.75) is 18.3 Å². The Morgan fingerprint density at radius 3 is 2.73 bits per heavy atom. The maximum atomic E-state index is 5.73. The number of hydrogen-bond donors (Lipinski definition) is 1. The van der Waals surface area contributed by atoms with Gasteiger partial charge >= 0.3 is 0 Å². The van der Waals surface area contributed by atoms with Gasteiger partial charge < -0.3 is 10.6 Å². The third kappa shape index (κ3) is 1.36. The first-order valence-electron chi connectivity index (χ1n) is 5.75. The van der Waals surface area contributed by atoms with E-state index in [0.717, 1.165) is 11.6 Å². The zero-order valence-corrected chi connectivity index (χ0v) is 9.24. The summed E-state index contributed by atoms with van der Waals surface area (Å²) in [6, 6.07) is 8.52. The van der Waals surface area contributed by atoms with E-state index in [-0.39, 0.29) is 0 Å². The number of nitrogen functional groups attached to an aromatic ring is 1. The van der Waals surface area contributed by atoms with Crippen molar-refractivity contribution in [3.63, 3.8) is 0 Å². The molecule has 1 aromatic carbocycles. The predicted octanol–water partition coefficient (Wildman–Crippen LogP) is 1.86. The second-order valence-electron chi connectivity index (χ2n) is 5.19. The molecule has 0 bridgehead atoms. The van der Waals surface area contributed by atoms with Gasteiger partial charge in [0, 0.05) is 17.6 Å². The van der Waals surface area contributed by atoms with E-state index in [1.54, 1.807) is 0 Å². The summed E-state index contributed by atoms with van der Waals surface area (Å²) in [5, 5.41) is 0. The van der Waals surface area contributed by atoms with Crippen LogP contribution in [-0.2, 0) is 5.41 Å². The van der Waals surface area contributed by atoms with Crippen molar-refractivity contribution < 1.29 is 0 Å². The van der Waals surface area contributed by atoms with Crippen LogP contribution in [-0.4, -0.2) is 25.0 Å². The first-order valence-corrected chi connectivity index (χ1v) is 5.75. The third-order valence-corrected chi connectivity index (χ3v) is 4.19. The smallest absolute Gasteiger partial charge is 0.0314 e. The predicted molar refractivity (Wildman–Crippen MR) is 62.8 cm³/mol. The Labute approximate surface area is 91.1 Å². The minimum Gasteiger partial charge on any atom is -0.399 e. The van der Waals surface area contributed by atoms with Crippen molar-refractivity contribution in [1.82, 2.24) is 4.90 Å². The number of nitrogens with two attached hydrogens (primary N) is 1. The second-order valence-corrected chi connectivity index (χ2v) is 5.19. The van der Waals surface area contributed by atoms with Crippen molar-refractivity contribution in [2.75, 3.05) is 25.9 Å². The first-order chi connectivity index (χ1) is 7.21. The van der Waals surface area contributed by atoms with Crippen LogP contribution in [0, 0.1) is 5.92 Å². The molecule has 0 radical (unpaired) electrons. The van der Waals surface area contributed by atoms with Crippen molar-refractivity contribution in [2.24, 2.45) is 5.92 Å². The molecule has 1 saturated heterocycles. The molecule has 2 unspecified atom stereocenters. The lowest BCUT2D eigenvalue weighted by Gasteiger charge is -2.29. The Bertz CT molecular complexity index is 371. The van der Waals surface area contributed by atoms with Gasteiger partial charge in [0.2, 0.25) is 0 Å². The zero-order chi connectivity index (χ0) is 10.5. The highest BCUT2D eigenvalue weighted by Crippen LogP contribution is 2.58. The average Bonchev–Trinajstić information content (AvgIpc) is 2.93. The van der Waals surface area contributed by atoms with Crippen LogP contribution in [0.5, 0.6) is 0 Å². The van der Waals surface area contributed by atoms with Crippen LogP contribution in [0.4, 0.5) is 5.69 Å². The molecule has 1 heterocycles. The summed E-state index contributed by atoms with van der Waals surface area (Å²) in [4.78, 5) is 2.45. The van der Waals surface area contributed by atoms with Gasteiger partial charge in [-0.05, 0) is 50.0 Å². The molecule has 0 spiro atoms. The fourth-order valence-corrected chi connectivity index (χ4v) is 3.10. The molecular weight excluding hydrogens is 184 g/mol. The number of anilines is 1. The number of piperidine rings is 1. The number of benzene rings is 1. The molecule has 1 aliphatic carbocycles. The number of rotatable bonds is 1. The minimum absolute atomic E-state index is 0.514. The number of likely N-dealkylation sites (tertiary alicyclic amines) is 1. The van der Waals surface area contributed by atoms with E-state index < -0.39 is 0 Å². The molecule has 2 heteroatoms. The first kappa shape index (κ1) is 9.22. The molecular formula is C13H18N2. The lowest BCUT2D eigenvalue weighted by molar-refractivity contribution is 0.248. The number of fused-ring (bicyclic) bond motifs is 1. The summed E-state index contributed by atoms with van der Waals surface area (Å²) < 4.78 is 0. The Morgan fingerprint density at radius 2 is 2.07 bits per heavy atom. The van der Waals surface area contributed by atoms with Gasteiger partial charge in [0.25, 0.3) is 0 Å². The summed E-state index contributed by atoms with van der Waals surface area (Å²) >= 11 is 0. The molecule has 1 aliphatic heterocycles. The van der Waals surface area contributed by atoms with E-state index in [1.165, 1.54) is 31.5 Å². The van der Waals surface area contributed by atoms with Crippen LogP contribution in [0.1, 0.15) is 18.4 Å². The van der Waals surface area contributed by atoms with E-state index in [1.807, 2.05) is 12.1 Å². The zero-order valence-electron chi connectivity index (χ0n) is 9.24.